The average Bonchev–Trinajstić information content (AvgIpc) is 2.26. The Morgan fingerprint density at radius 1 is 0.941 bits per heavy atom. The summed E-state index contributed by atoms with van der Waals surface area (Å²) in [4.78, 5) is 0. The second-order valence-corrected chi connectivity index (χ2v) is 4.81. The van der Waals surface area contributed by atoms with Crippen molar-refractivity contribution in [1.82, 2.24) is 5.32 Å². The molecule has 0 saturated heterocycles. The second kappa shape index (κ2) is 8.26. The number of nitrogens with one attached hydrogen (secondary N) is 1. The quantitative estimate of drug-likeness (QED) is 0.679. The molecule has 0 aliphatic rings. The lowest BCUT2D eigenvalue weighted by molar-refractivity contribution is 0.282. The van der Waals surface area contributed by atoms with Crippen molar-refractivity contribution in [2.45, 2.75) is 46.1 Å². The van der Waals surface area contributed by atoms with Crippen LogP contribution < -0.4 is 5.32 Å². The zero-order valence-corrected chi connectivity index (χ0v) is 11.1. The molecule has 0 aliphatic heterocycles. The molecule has 96 valence electrons. The highest BCUT2D eigenvalue weighted by Gasteiger charge is 1.96. The average molecular weight is 235 g/mol. The number of aryl methyl sites for hydroxylation is 2. The first-order valence-corrected chi connectivity index (χ1v) is 6.61. The van der Waals surface area contributed by atoms with E-state index in [4.69, 9.17) is 5.11 Å². The van der Waals surface area contributed by atoms with E-state index in [9.17, 15) is 0 Å². The van der Waals surface area contributed by atoms with Crippen LogP contribution >= 0.6 is 0 Å². The molecule has 0 radical (unpaired) electrons. The van der Waals surface area contributed by atoms with Crippen molar-refractivity contribution in [3.8, 4) is 0 Å². The van der Waals surface area contributed by atoms with Crippen molar-refractivity contribution in [3.05, 3.63) is 34.9 Å². The van der Waals surface area contributed by atoms with Crippen molar-refractivity contribution < 1.29 is 5.11 Å². The largest absolute Gasteiger partial charge is 0.396 e. The summed E-state index contributed by atoms with van der Waals surface area (Å²) < 4.78 is 0. The predicted molar refractivity (Wildman–Crippen MR) is 73.2 cm³/mol. The molecule has 2 heteroatoms. The SMILES string of the molecule is Cc1cc(C)cc(CNCCCCCCO)c1. The third-order valence-corrected chi connectivity index (χ3v) is 2.87. The molecule has 0 saturated carbocycles. The lowest BCUT2D eigenvalue weighted by atomic mass is 10.1. The molecule has 0 unspecified atom stereocenters. The van der Waals surface area contributed by atoms with Crippen LogP contribution in [0.4, 0.5) is 0 Å². The van der Waals surface area contributed by atoms with Gasteiger partial charge in [0.05, 0.1) is 0 Å². The number of rotatable bonds is 8. The Hall–Kier alpha value is -0.860. The van der Waals surface area contributed by atoms with Crippen LogP contribution in [0.15, 0.2) is 18.2 Å². The molecular formula is C15H25NO. The standard InChI is InChI=1S/C15H25NO/c1-13-9-14(2)11-15(10-13)12-16-7-5-3-4-6-8-17/h9-11,16-17H,3-8,12H2,1-2H3. The van der Waals surface area contributed by atoms with E-state index in [1.165, 1.54) is 29.5 Å². The van der Waals surface area contributed by atoms with Crippen LogP contribution in [0.3, 0.4) is 0 Å². The number of aliphatic hydroxyl groups is 1. The van der Waals surface area contributed by atoms with Gasteiger partial charge in [-0.3, -0.25) is 0 Å². The molecule has 1 rings (SSSR count). The fourth-order valence-corrected chi connectivity index (χ4v) is 2.12. The molecule has 0 fully saturated rings. The number of hydrogen-bond acceptors (Lipinski definition) is 2. The molecular weight excluding hydrogens is 210 g/mol. The van der Waals surface area contributed by atoms with Gasteiger partial charge >= 0.3 is 0 Å². The molecule has 0 aromatic heterocycles. The minimum absolute atomic E-state index is 0.329. The van der Waals surface area contributed by atoms with Crippen LogP contribution in [0.2, 0.25) is 0 Å². The molecule has 1 aromatic rings. The third kappa shape index (κ3) is 6.44. The van der Waals surface area contributed by atoms with Gasteiger partial charge in [0.25, 0.3) is 0 Å². The van der Waals surface area contributed by atoms with Gasteiger partial charge < -0.3 is 10.4 Å². The highest BCUT2D eigenvalue weighted by molar-refractivity contribution is 5.28. The maximum atomic E-state index is 8.65. The van der Waals surface area contributed by atoms with Gasteiger partial charge in [0, 0.05) is 13.2 Å². The zero-order valence-electron chi connectivity index (χ0n) is 11.1. The van der Waals surface area contributed by atoms with E-state index in [1.54, 1.807) is 0 Å². The number of aliphatic hydroxyl groups excluding tert-OH is 1. The molecule has 2 nitrogen and oxygen atoms in total. The Morgan fingerprint density at radius 2 is 1.59 bits per heavy atom. The lowest BCUT2D eigenvalue weighted by Gasteiger charge is -2.07. The summed E-state index contributed by atoms with van der Waals surface area (Å²) in [6.45, 7) is 6.65. The molecule has 0 heterocycles. The number of hydrogen-bond donors (Lipinski definition) is 2. The first-order chi connectivity index (χ1) is 8.22. The predicted octanol–water partition coefficient (Wildman–Crippen LogP) is 2.95. The molecule has 2 N–H and O–H groups in total. The topological polar surface area (TPSA) is 32.3 Å². The van der Waals surface area contributed by atoms with Gasteiger partial charge in [-0.25, -0.2) is 0 Å². The van der Waals surface area contributed by atoms with Crippen molar-refractivity contribution in [2.75, 3.05) is 13.2 Å². The first-order valence-electron chi connectivity index (χ1n) is 6.61. The summed E-state index contributed by atoms with van der Waals surface area (Å²) in [7, 11) is 0. The van der Waals surface area contributed by atoms with E-state index in [0.717, 1.165) is 25.9 Å². The van der Waals surface area contributed by atoms with Crippen LogP contribution in [-0.2, 0) is 6.54 Å². The van der Waals surface area contributed by atoms with E-state index in [1.807, 2.05) is 0 Å². The second-order valence-electron chi connectivity index (χ2n) is 4.81. The van der Waals surface area contributed by atoms with E-state index in [2.05, 4.69) is 37.4 Å². The summed E-state index contributed by atoms with van der Waals surface area (Å²) in [5.41, 5.74) is 4.05. The van der Waals surface area contributed by atoms with Crippen LogP contribution in [0.1, 0.15) is 42.4 Å². The Kier molecular flexibility index (Phi) is 6.90. The van der Waals surface area contributed by atoms with Gasteiger partial charge in [-0.1, -0.05) is 42.2 Å². The van der Waals surface area contributed by atoms with Gasteiger partial charge in [-0.2, -0.15) is 0 Å². The van der Waals surface area contributed by atoms with Crippen molar-refractivity contribution in [1.29, 1.82) is 0 Å². The van der Waals surface area contributed by atoms with Crippen molar-refractivity contribution in [3.63, 3.8) is 0 Å². The van der Waals surface area contributed by atoms with Crippen LogP contribution in [0.25, 0.3) is 0 Å². The van der Waals surface area contributed by atoms with Gasteiger partial charge in [0.15, 0.2) is 0 Å². The van der Waals surface area contributed by atoms with Crippen LogP contribution in [-0.4, -0.2) is 18.3 Å². The number of unbranched alkanes of at least 4 members (excludes halogenated alkanes) is 3. The fourth-order valence-electron chi connectivity index (χ4n) is 2.12. The third-order valence-electron chi connectivity index (χ3n) is 2.87. The minimum Gasteiger partial charge on any atom is -0.396 e. The number of benzene rings is 1. The Bertz CT molecular complexity index is 302. The molecule has 0 atom stereocenters. The molecule has 1 aromatic carbocycles. The van der Waals surface area contributed by atoms with Crippen LogP contribution in [0.5, 0.6) is 0 Å². The highest BCUT2D eigenvalue weighted by Crippen LogP contribution is 2.08. The first kappa shape index (κ1) is 14.2. The zero-order chi connectivity index (χ0) is 12.5. The Morgan fingerprint density at radius 3 is 2.24 bits per heavy atom. The maximum absolute atomic E-state index is 8.65. The Labute approximate surface area is 105 Å². The lowest BCUT2D eigenvalue weighted by Crippen LogP contribution is -2.14. The summed E-state index contributed by atoms with van der Waals surface area (Å²) in [6, 6.07) is 6.69. The van der Waals surface area contributed by atoms with Crippen LogP contribution in [0, 0.1) is 13.8 Å². The summed E-state index contributed by atoms with van der Waals surface area (Å²) in [6.07, 6.45) is 4.49. The Balaban J connectivity index is 2.13. The maximum Gasteiger partial charge on any atom is 0.0431 e. The van der Waals surface area contributed by atoms with Crippen molar-refractivity contribution in [2.24, 2.45) is 0 Å². The molecule has 0 amide bonds. The van der Waals surface area contributed by atoms with E-state index in [0.29, 0.717) is 6.61 Å². The fraction of sp³-hybridized carbons (Fsp3) is 0.600. The van der Waals surface area contributed by atoms with E-state index in [-0.39, 0.29) is 0 Å². The summed E-state index contributed by atoms with van der Waals surface area (Å²) in [5, 5.41) is 12.1. The van der Waals surface area contributed by atoms with Gasteiger partial charge in [0.1, 0.15) is 0 Å². The monoisotopic (exact) mass is 235 g/mol. The molecule has 0 aliphatic carbocycles. The summed E-state index contributed by atoms with van der Waals surface area (Å²) in [5.74, 6) is 0. The van der Waals surface area contributed by atoms with E-state index < -0.39 is 0 Å². The molecule has 17 heavy (non-hydrogen) atoms. The van der Waals surface area contributed by atoms with Gasteiger partial charge in [-0.15, -0.1) is 0 Å². The highest BCUT2D eigenvalue weighted by atomic mass is 16.2. The molecule has 0 spiro atoms. The van der Waals surface area contributed by atoms with E-state index >= 15 is 0 Å². The van der Waals surface area contributed by atoms with Crippen molar-refractivity contribution >= 4 is 0 Å². The van der Waals surface area contributed by atoms with Gasteiger partial charge in [0.2, 0.25) is 0 Å². The minimum atomic E-state index is 0.329. The normalized spacial score (nSPS) is 10.8. The smallest absolute Gasteiger partial charge is 0.0431 e. The summed E-state index contributed by atoms with van der Waals surface area (Å²) >= 11 is 0. The molecule has 0 bridgehead atoms. The van der Waals surface area contributed by atoms with Gasteiger partial charge in [-0.05, 0) is 38.8 Å².